The predicted octanol–water partition coefficient (Wildman–Crippen LogP) is 1.98. The van der Waals surface area contributed by atoms with Gasteiger partial charge in [-0.15, -0.1) is 9.35 Å². The van der Waals surface area contributed by atoms with E-state index in [4.69, 9.17) is 0 Å². The van der Waals surface area contributed by atoms with Gasteiger partial charge in [-0.2, -0.15) is 21.6 Å². The largest absolute Gasteiger partial charge is 0.525 e. The molecule has 0 spiro atoms. The van der Waals surface area contributed by atoms with Crippen LogP contribution in [0.15, 0.2) is 36.4 Å². The first-order valence-corrected chi connectivity index (χ1v) is 9.24. The van der Waals surface area contributed by atoms with Crippen LogP contribution in [0.5, 0.6) is 0 Å². The molecular formula is C17H11F3N2O6S. The van der Waals surface area contributed by atoms with Gasteiger partial charge in [-0.05, 0) is 29.2 Å². The molecule has 2 aromatic carbocycles. The molecule has 1 N–H and O–H groups in total. The highest BCUT2D eigenvalue weighted by Crippen LogP contribution is 2.34. The van der Waals surface area contributed by atoms with Crippen LogP contribution < -0.4 is 5.32 Å². The highest BCUT2D eigenvalue weighted by atomic mass is 32.2. The molecule has 12 heteroatoms. The van der Waals surface area contributed by atoms with E-state index in [9.17, 15) is 36.0 Å². The molecule has 152 valence electrons. The molecule has 0 aliphatic carbocycles. The maximum atomic E-state index is 12.6. The highest BCUT2D eigenvalue weighted by Gasteiger charge is 2.51. The van der Waals surface area contributed by atoms with E-state index in [0.29, 0.717) is 10.9 Å². The first-order valence-electron chi connectivity index (χ1n) is 7.83. The number of nitrogens with zero attached hydrogens (tertiary/aromatic N) is 1. The van der Waals surface area contributed by atoms with E-state index in [-0.39, 0.29) is 16.5 Å². The molecule has 3 rings (SSSR count). The molecule has 1 heterocycles. The maximum Gasteiger partial charge on any atom is 0.525 e. The van der Waals surface area contributed by atoms with Crippen LogP contribution in [0.25, 0.3) is 16.8 Å². The van der Waals surface area contributed by atoms with Gasteiger partial charge in [-0.25, -0.2) is 0 Å². The molecule has 0 unspecified atom stereocenters. The zero-order valence-electron chi connectivity index (χ0n) is 14.5. The quantitative estimate of drug-likeness (QED) is 0.453. The van der Waals surface area contributed by atoms with Crippen molar-refractivity contribution in [1.82, 2.24) is 10.4 Å². The number of carbonyl (C=O) groups excluding carboxylic acids is 3. The monoisotopic (exact) mass is 428 g/mol. The molecule has 8 nitrogen and oxygen atoms in total. The highest BCUT2D eigenvalue weighted by molar-refractivity contribution is 7.87. The van der Waals surface area contributed by atoms with Crippen molar-refractivity contribution < 1.29 is 40.3 Å². The average Bonchev–Trinajstić information content (AvgIpc) is 2.66. The summed E-state index contributed by atoms with van der Waals surface area (Å²) < 4.78 is 64.1. The number of hydroxylamine groups is 2. The number of hydrogen-bond acceptors (Lipinski definition) is 6. The Labute approximate surface area is 161 Å². The first-order chi connectivity index (χ1) is 13.5. The normalized spacial score (nSPS) is 14.7. The standard InChI is InChI=1S/C17H11F3N2O6S/c1-21-13(23)8-6-9-5-7-12-14-10(9)3-2-4-11(14)15(24)22(16(12)25)28-29(26,27)17(18,19)20/h2-8H,1H3,(H,21,23)/b8-6+. The molecule has 0 radical (unpaired) electrons. The Morgan fingerprint density at radius 1 is 1.10 bits per heavy atom. The number of halogens is 3. The summed E-state index contributed by atoms with van der Waals surface area (Å²) in [7, 11) is -4.81. The Hall–Kier alpha value is -3.25. The lowest BCUT2D eigenvalue weighted by atomic mass is 9.92. The van der Waals surface area contributed by atoms with Crippen LogP contribution in [0, 0.1) is 0 Å². The number of benzene rings is 2. The molecule has 0 aromatic heterocycles. The second-order valence-corrected chi connectivity index (χ2v) is 7.28. The van der Waals surface area contributed by atoms with Crippen LogP contribution in [0.4, 0.5) is 13.2 Å². The van der Waals surface area contributed by atoms with E-state index in [0.717, 1.165) is 0 Å². The number of carbonyl (C=O) groups is 3. The van der Waals surface area contributed by atoms with Gasteiger partial charge in [0, 0.05) is 18.5 Å². The molecule has 0 atom stereocenters. The van der Waals surface area contributed by atoms with Crippen molar-refractivity contribution in [2.75, 3.05) is 7.05 Å². The van der Waals surface area contributed by atoms with Gasteiger partial charge in [0.05, 0.1) is 11.1 Å². The van der Waals surface area contributed by atoms with Gasteiger partial charge >= 0.3 is 15.6 Å². The number of nitrogens with one attached hydrogen (secondary N) is 1. The number of imide groups is 1. The van der Waals surface area contributed by atoms with E-state index in [1.54, 1.807) is 0 Å². The third-order valence-corrected chi connectivity index (χ3v) is 4.93. The molecule has 3 amide bonds. The third-order valence-electron chi connectivity index (χ3n) is 4.02. The van der Waals surface area contributed by atoms with Gasteiger partial charge < -0.3 is 5.32 Å². The van der Waals surface area contributed by atoms with Crippen LogP contribution in [0.2, 0.25) is 0 Å². The topological polar surface area (TPSA) is 110 Å². The molecular weight excluding hydrogens is 417 g/mol. The lowest BCUT2D eigenvalue weighted by Gasteiger charge is -2.26. The van der Waals surface area contributed by atoms with Crippen LogP contribution in [-0.2, 0) is 19.2 Å². The van der Waals surface area contributed by atoms with E-state index in [1.807, 2.05) is 0 Å². The summed E-state index contributed by atoms with van der Waals surface area (Å²) in [5.74, 6) is -3.14. The molecule has 0 saturated carbocycles. The molecule has 29 heavy (non-hydrogen) atoms. The van der Waals surface area contributed by atoms with Gasteiger partial charge in [0.1, 0.15) is 0 Å². The maximum absolute atomic E-state index is 12.6. The Bertz CT molecular complexity index is 1170. The van der Waals surface area contributed by atoms with E-state index < -0.39 is 38.4 Å². The molecule has 0 fully saturated rings. The SMILES string of the molecule is CNC(=O)/C=C/c1ccc2c3c(cccc13)C(=O)N(OS(=O)(=O)C(F)(F)F)C2=O. The fourth-order valence-electron chi connectivity index (χ4n) is 2.70. The van der Waals surface area contributed by atoms with E-state index in [1.165, 1.54) is 49.5 Å². The summed E-state index contributed by atoms with van der Waals surface area (Å²) in [5.41, 5.74) is -5.84. The van der Waals surface area contributed by atoms with Crippen LogP contribution in [0.3, 0.4) is 0 Å². The van der Waals surface area contributed by atoms with Crippen molar-refractivity contribution in [2.45, 2.75) is 5.51 Å². The second kappa shape index (κ2) is 6.97. The minimum Gasteiger partial charge on any atom is -0.356 e. The molecule has 1 aliphatic heterocycles. The van der Waals surface area contributed by atoms with Gasteiger partial charge in [0.25, 0.3) is 11.8 Å². The van der Waals surface area contributed by atoms with Crippen LogP contribution in [0.1, 0.15) is 26.3 Å². The summed E-state index contributed by atoms with van der Waals surface area (Å²) in [6.45, 7) is 0. The summed E-state index contributed by atoms with van der Waals surface area (Å²) in [4.78, 5) is 36.4. The van der Waals surface area contributed by atoms with Crippen LogP contribution in [-0.4, -0.2) is 43.8 Å². The number of likely N-dealkylation sites (N-methyl/N-ethyl adjacent to an activating group) is 1. The average molecular weight is 428 g/mol. The fraction of sp³-hybridized carbons (Fsp3) is 0.118. The Morgan fingerprint density at radius 2 is 1.72 bits per heavy atom. The zero-order chi connectivity index (χ0) is 21.6. The van der Waals surface area contributed by atoms with Crippen molar-refractivity contribution in [3.8, 4) is 0 Å². The number of amides is 3. The number of rotatable bonds is 4. The lowest BCUT2D eigenvalue weighted by Crippen LogP contribution is -2.44. The van der Waals surface area contributed by atoms with Crippen molar-refractivity contribution in [3.05, 3.63) is 53.1 Å². The molecule has 0 bridgehead atoms. The van der Waals surface area contributed by atoms with E-state index in [2.05, 4.69) is 9.60 Å². The summed E-state index contributed by atoms with van der Waals surface area (Å²) in [6.07, 6.45) is 2.63. The van der Waals surface area contributed by atoms with Gasteiger partial charge in [-0.1, -0.05) is 18.2 Å². The third kappa shape index (κ3) is 3.47. The number of alkyl halides is 3. The Morgan fingerprint density at radius 3 is 2.31 bits per heavy atom. The van der Waals surface area contributed by atoms with Crippen molar-refractivity contribution >= 4 is 44.7 Å². The summed E-state index contributed by atoms with van der Waals surface area (Å²) in [6, 6.07) is 6.73. The van der Waals surface area contributed by atoms with E-state index >= 15 is 0 Å². The predicted molar refractivity (Wildman–Crippen MR) is 93.6 cm³/mol. The first kappa shape index (κ1) is 20.5. The summed E-state index contributed by atoms with van der Waals surface area (Å²) >= 11 is 0. The van der Waals surface area contributed by atoms with Crippen molar-refractivity contribution in [1.29, 1.82) is 0 Å². The van der Waals surface area contributed by atoms with Crippen molar-refractivity contribution in [3.63, 3.8) is 0 Å². The minimum absolute atomic E-state index is 0.103. The minimum atomic E-state index is -6.24. The zero-order valence-corrected chi connectivity index (χ0v) is 15.3. The smallest absolute Gasteiger partial charge is 0.356 e. The molecule has 0 saturated heterocycles. The van der Waals surface area contributed by atoms with Crippen LogP contribution >= 0.6 is 0 Å². The summed E-state index contributed by atoms with van der Waals surface area (Å²) in [5, 5.41) is 2.41. The Kier molecular flexibility index (Phi) is 4.92. The van der Waals surface area contributed by atoms with Gasteiger partial charge in [0.15, 0.2) is 0 Å². The molecule has 1 aliphatic rings. The van der Waals surface area contributed by atoms with Gasteiger partial charge in [0.2, 0.25) is 5.91 Å². The molecule has 2 aromatic rings. The fourth-order valence-corrected chi connectivity index (χ4v) is 3.12. The lowest BCUT2D eigenvalue weighted by molar-refractivity contribution is -0.116. The van der Waals surface area contributed by atoms with Crippen molar-refractivity contribution in [2.24, 2.45) is 0 Å². The number of hydrogen-bond donors (Lipinski definition) is 1. The second-order valence-electron chi connectivity index (χ2n) is 5.76. The Balaban J connectivity index is 2.13. The van der Waals surface area contributed by atoms with Gasteiger partial charge in [-0.3, -0.25) is 14.4 Å².